The van der Waals surface area contributed by atoms with Crippen LogP contribution >= 0.6 is 0 Å². The van der Waals surface area contributed by atoms with E-state index < -0.39 is 11.6 Å². The number of likely N-dealkylation sites (tertiary alicyclic amines) is 1. The third kappa shape index (κ3) is 3.98. The molecule has 1 saturated heterocycles. The highest BCUT2D eigenvalue weighted by Gasteiger charge is 2.12. The predicted octanol–water partition coefficient (Wildman–Crippen LogP) is 2.85. The van der Waals surface area contributed by atoms with Crippen molar-refractivity contribution in [3.8, 4) is 0 Å². The summed E-state index contributed by atoms with van der Waals surface area (Å²) in [6.45, 7) is 6.18. The average molecular weight is 268 g/mol. The first kappa shape index (κ1) is 14.4. The van der Waals surface area contributed by atoms with Crippen LogP contribution in [0.1, 0.15) is 30.4 Å². The maximum Gasteiger partial charge on any atom is 0.133 e. The standard InChI is InChI=1S/C15H22F2N2/c1-12-5-6-14(16)13(15(12)17)11-18-7-4-10-19-8-2-3-9-19/h5-6,18H,2-4,7-11H2,1H3. The molecule has 1 aromatic carbocycles. The van der Waals surface area contributed by atoms with Gasteiger partial charge in [0.2, 0.25) is 0 Å². The SMILES string of the molecule is Cc1ccc(F)c(CNCCCN2CCCC2)c1F. The molecule has 106 valence electrons. The summed E-state index contributed by atoms with van der Waals surface area (Å²) >= 11 is 0. The molecule has 0 amide bonds. The first-order valence-electron chi connectivity index (χ1n) is 7.05. The minimum Gasteiger partial charge on any atom is -0.312 e. The summed E-state index contributed by atoms with van der Waals surface area (Å²) in [5.41, 5.74) is 0.649. The first-order chi connectivity index (χ1) is 9.18. The van der Waals surface area contributed by atoms with Gasteiger partial charge in [-0.3, -0.25) is 0 Å². The second-order valence-corrected chi connectivity index (χ2v) is 5.24. The molecular weight excluding hydrogens is 246 g/mol. The van der Waals surface area contributed by atoms with E-state index in [0.717, 1.165) is 19.5 Å². The molecule has 1 N–H and O–H groups in total. The molecule has 0 spiro atoms. The lowest BCUT2D eigenvalue weighted by atomic mass is 10.1. The summed E-state index contributed by atoms with van der Waals surface area (Å²) in [5.74, 6) is -0.887. The van der Waals surface area contributed by atoms with Crippen LogP contribution in [-0.2, 0) is 6.54 Å². The molecule has 2 nitrogen and oxygen atoms in total. The molecule has 19 heavy (non-hydrogen) atoms. The van der Waals surface area contributed by atoms with Gasteiger partial charge >= 0.3 is 0 Å². The van der Waals surface area contributed by atoms with Gasteiger partial charge in [-0.25, -0.2) is 8.78 Å². The molecule has 0 unspecified atom stereocenters. The van der Waals surface area contributed by atoms with E-state index in [4.69, 9.17) is 0 Å². The van der Waals surface area contributed by atoms with Gasteiger partial charge in [0, 0.05) is 12.1 Å². The fourth-order valence-corrected chi connectivity index (χ4v) is 2.52. The van der Waals surface area contributed by atoms with E-state index in [-0.39, 0.29) is 12.1 Å². The monoisotopic (exact) mass is 268 g/mol. The van der Waals surface area contributed by atoms with Crippen molar-refractivity contribution in [2.24, 2.45) is 0 Å². The van der Waals surface area contributed by atoms with E-state index in [2.05, 4.69) is 10.2 Å². The summed E-state index contributed by atoms with van der Waals surface area (Å²) in [4.78, 5) is 2.44. The van der Waals surface area contributed by atoms with Gasteiger partial charge in [-0.1, -0.05) is 6.07 Å². The van der Waals surface area contributed by atoms with Crippen molar-refractivity contribution >= 4 is 0 Å². The number of hydrogen-bond acceptors (Lipinski definition) is 2. The fraction of sp³-hybridized carbons (Fsp3) is 0.600. The van der Waals surface area contributed by atoms with Crippen molar-refractivity contribution in [1.82, 2.24) is 10.2 Å². The molecule has 0 aromatic heterocycles. The normalized spacial score (nSPS) is 16.2. The van der Waals surface area contributed by atoms with E-state index >= 15 is 0 Å². The molecule has 0 aliphatic carbocycles. The Hall–Kier alpha value is -1.00. The Morgan fingerprint density at radius 1 is 1.21 bits per heavy atom. The van der Waals surface area contributed by atoms with Crippen molar-refractivity contribution in [2.75, 3.05) is 26.2 Å². The molecule has 1 heterocycles. The third-order valence-corrected chi connectivity index (χ3v) is 3.71. The maximum atomic E-state index is 13.7. The topological polar surface area (TPSA) is 15.3 Å². The van der Waals surface area contributed by atoms with Crippen molar-refractivity contribution in [3.05, 3.63) is 34.9 Å². The number of rotatable bonds is 6. The van der Waals surface area contributed by atoms with Gasteiger partial charge in [0.05, 0.1) is 0 Å². The highest BCUT2D eigenvalue weighted by molar-refractivity contribution is 5.26. The number of aryl methyl sites for hydroxylation is 1. The number of halogens is 2. The van der Waals surface area contributed by atoms with E-state index in [0.29, 0.717) is 5.56 Å². The minimum absolute atomic E-state index is 0.154. The average Bonchev–Trinajstić information content (AvgIpc) is 2.90. The molecule has 1 aliphatic rings. The summed E-state index contributed by atoms with van der Waals surface area (Å²) < 4.78 is 27.2. The lowest BCUT2D eigenvalue weighted by Crippen LogP contribution is -2.25. The molecule has 1 fully saturated rings. The van der Waals surface area contributed by atoms with Gasteiger partial charge in [0.25, 0.3) is 0 Å². The molecule has 1 aliphatic heterocycles. The zero-order chi connectivity index (χ0) is 13.7. The molecule has 0 radical (unpaired) electrons. The van der Waals surface area contributed by atoms with Crippen molar-refractivity contribution < 1.29 is 8.78 Å². The summed E-state index contributed by atoms with van der Waals surface area (Å²) in [5, 5.41) is 3.13. The van der Waals surface area contributed by atoms with Crippen molar-refractivity contribution in [2.45, 2.75) is 32.7 Å². The lowest BCUT2D eigenvalue weighted by Gasteiger charge is -2.14. The zero-order valence-corrected chi connectivity index (χ0v) is 11.5. The van der Waals surface area contributed by atoms with Crippen LogP contribution in [-0.4, -0.2) is 31.1 Å². The Morgan fingerprint density at radius 3 is 2.68 bits per heavy atom. The van der Waals surface area contributed by atoms with Crippen molar-refractivity contribution in [1.29, 1.82) is 0 Å². The summed E-state index contributed by atoms with van der Waals surface area (Å²) in [7, 11) is 0. The number of benzene rings is 1. The van der Waals surface area contributed by atoms with Gasteiger partial charge in [0.1, 0.15) is 11.6 Å². The van der Waals surface area contributed by atoms with Crippen LogP contribution in [0.3, 0.4) is 0 Å². The zero-order valence-electron chi connectivity index (χ0n) is 11.5. The van der Waals surface area contributed by atoms with E-state index in [1.54, 1.807) is 6.92 Å². The van der Waals surface area contributed by atoms with Gasteiger partial charge < -0.3 is 10.2 Å². The Bertz CT molecular complexity index is 415. The Labute approximate surface area is 113 Å². The second kappa shape index (κ2) is 6.96. The summed E-state index contributed by atoms with van der Waals surface area (Å²) in [6.07, 6.45) is 3.62. The van der Waals surface area contributed by atoms with E-state index in [1.807, 2.05) is 0 Å². The predicted molar refractivity (Wildman–Crippen MR) is 73.1 cm³/mol. The van der Waals surface area contributed by atoms with Gasteiger partial charge in [-0.2, -0.15) is 0 Å². The number of hydrogen-bond donors (Lipinski definition) is 1. The van der Waals surface area contributed by atoms with Crippen LogP contribution in [0.15, 0.2) is 12.1 Å². The smallest absolute Gasteiger partial charge is 0.133 e. The van der Waals surface area contributed by atoms with Crippen LogP contribution in [0.4, 0.5) is 8.78 Å². The van der Waals surface area contributed by atoms with Crippen LogP contribution < -0.4 is 5.32 Å². The van der Waals surface area contributed by atoms with Crippen LogP contribution in [0.25, 0.3) is 0 Å². The van der Waals surface area contributed by atoms with Gasteiger partial charge in [0.15, 0.2) is 0 Å². The molecule has 2 rings (SSSR count). The third-order valence-electron chi connectivity index (χ3n) is 3.71. The second-order valence-electron chi connectivity index (χ2n) is 5.24. The van der Waals surface area contributed by atoms with Gasteiger partial charge in [-0.15, -0.1) is 0 Å². The van der Waals surface area contributed by atoms with Crippen LogP contribution in [0.2, 0.25) is 0 Å². The molecule has 1 aromatic rings. The van der Waals surface area contributed by atoms with Gasteiger partial charge in [-0.05, 0) is 64.0 Å². The maximum absolute atomic E-state index is 13.7. The summed E-state index contributed by atoms with van der Waals surface area (Å²) in [6, 6.07) is 2.81. The number of nitrogens with one attached hydrogen (secondary N) is 1. The Morgan fingerprint density at radius 2 is 1.95 bits per heavy atom. The van der Waals surface area contributed by atoms with Crippen molar-refractivity contribution in [3.63, 3.8) is 0 Å². The highest BCUT2D eigenvalue weighted by Crippen LogP contribution is 2.16. The largest absolute Gasteiger partial charge is 0.312 e. The molecule has 0 bridgehead atoms. The molecule has 0 atom stereocenters. The molecule has 0 saturated carbocycles. The fourth-order valence-electron chi connectivity index (χ4n) is 2.52. The minimum atomic E-state index is -0.463. The number of nitrogens with zero attached hydrogens (tertiary/aromatic N) is 1. The Balaban J connectivity index is 1.72. The molecule has 4 heteroatoms. The molecular formula is C15H22F2N2. The van der Waals surface area contributed by atoms with Crippen LogP contribution in [0, 0.1) is 18.6 Å². The lowest BCUT2D eigenvalue weighted by molar-refractivity contribution is 0.330. The van der Waals surface area contributed by atoms with E-state index in [9.17, 15) is 8.78 Å². The van der Waals surface area contributed by atoms with Crippen LogP contribution in [0.5, 0.6) is 0 Å². The Kier molecular flexibility index (Phi) is 5.28. The highest BCUT2D eigenvalue weighted by atomic mass is 19.1. The van der Waals surface area contributed by atoms with E-state index in [1.165, 1.54) is 38.1 Å². The quantitative estimate of drug-likeness (QED) is 0.798. The first-order valence-corrected chi connectivity index (χ1v) is 7.05.